The summed E-state index contributed by atoms with van der Waals surface area (Å²) in [4.78, 5) is 25.1. The lowest BCUT2D eigenvalue weighted by molar-refractivity contribution is -0.139. The smallest absolute Gasteiger partial charge is 0.233 e. The Balaban J connectivity index is 2.06. The van der Waals surface area contributed by atoms with Crippen LogP contribution < -0.4 is 0 Å². The van der Waals surface area contributed by atoms with Gasteiger partial charge in [-0.1, -0.05) is 13.3 Å². The van der Waals surface area contributed by atoms with Crippen LogP contribution in [0.15, 0.2) is 0 Å². The summed E-state index contributed by atoms with van der Waals surface area (Å²) in [6, 6.07) is 0. The molecule has 0 radical (unpaired) electrons. The van der Waals surface area contributed by atoms with E-state index in [1.54, 1.807) is 11.8 Å². The van der Waals surface area contributed by atoms with Crippen molar-refractivity contribution in [3.63, 3.8) is 0 Å². The molecule has 2 aliphatic heterocycles. The Morgan fingerprint density at radius 1 is 1.29 bits per heavy atom. The molecule has 0 bridgehead atoms. The van der Waals surface area contributed by atoms with Crippen molar-refractivity contribution in [2.24, 2.45) is 11.8 Å². The third kappa shape index (κ3) is 1.45. The minimum atomic E-state index is 0.00403. The molecule has 2 fully saturated rings. The van der Waals surface area contributed by atoms with Crippen molar-refractivity contribution >= 4 is 23.6 Å². The van der Waals surface area contributed by atoms with Crippen molar-refractivity contribution in [2.75, 3.05) is 18.1 Å². The van der Waals surface area contributed by atoms with Gasteiger partial charge in [0.2, 0.25) is 11.8 Å². The summed E-state index contributed by atoms with van der Waals surface area (Å²) < 4.78 is 0. The van der Waals surface area contributed by atoms with Crippen molar-refractivity contribution in [2.45, 2.75) is 19.8 Å². The van der Waals surface area contributed by atoms with Crippen LogP contribution in [-0.4, -0.2) is 34.8 Å². The predicted octanol–water partition coefficient (Wildman–Crippen LogP) is 1.13. The van der Waals surface area contributed by atoms with Gasteiger partial charge in [0.05, 0.1) is 11.8 Å². The highest BCUT2D eigenvalue weighted by molar-refractivity contribution is 7.99. The number of nitrogens with zero attached hydrogens (tertiary/aromatic N) is 1. The fourth-order valence-corrected chi connectivity index (χ4v) is 3.48. The minimum Gasteiger partial charge on any atom is -0.282 e. The van der Waals surface area contributed by atoms with Crippen LogP contribution in [-0.2, 0) is 9.59 Å². The Morgan fingerprint density at radius 2 is 1.86 bits per heavy atom. The van der Waals surface area contributed by atoms with Crippen molar-refractivity contribution in [1.29, 1.82) is 0 Å². The fourth-order valence-electron chi connectivity index (χ4n) is 2.09. The van der Waals surface area contributed by atoms with Crippen molar-refractivity contribution in [1.82, 2.24) is 4.90 Å². The van der Waals surface area contributed by atoms with E-state index in [4.69, 9.17) is 0 Å². The van der Waals surface area contributed by atoms with E-state index in [1.165, 1.54) is 4.90 Å². The monoisotopic (exact) mass is 213 g/mol. The van der Waals surface area contributed by atoms with Crippen LogP contribution in [0.1, 0.15) is 19.8 Å². The van der Waals surface area contributed by atoms with Crippen molar-refractivity contribution < 1.29 is 9.59 Å². The first kappa shape index (κ1) is 10.0. The molecule has 0 unspecified atom stereocenters. The SMILES string of the molecule is CCCCN1C(=O)[C@H]2CSC[C@H]2C1=O. The van der Waals surface area contributed by atoms with E-state index in [9.17, 15) is 9.59 Å². The number of hydrogen-bond acceptors (Lipinski definition) is 3. The van der Waals surface area contributed by atoms with Gasteiger partial charge in [-0.15, -0.1) is 0 Å². The average molecular weight is 213 g/mol. The summed E-state index contributed by atoms with van der Waals surface area (Å²) in [5.74, 6) is 1.86. The van der Waals surface area contributed by atoms with Gasteiger partial charge in [0.25, 0.3) is 0 Å². The largest absolute Gasteiger partial charge is 0.282 e. The number of carbonyl (C=O) groups is 2. The zero-order chi connectivity index (χ0) is 10.1. The van der Waals surface area contributed by atoms with Gasteiger partial charge in [0, 0.05) is 18.1 Å². The molecule has 4 heteroatoms. The van der Waals surface area contributed by atoms with Gasteiger partial charge in [-0.3, -0.25) is 14.5 Å². The topological polar surface area (TPSA) is 37.4 Å². The van der Waals surface area contributed by atoms with Crippen LogP contribution in [0.25, 0.3) is 0 Å². The Morgan fingerprint density at radius 3 is 2.36 bits per heavy atom. The second kappa shape index (κ2) is 3.93. The number of hydrogen-bond donors (Lipinski definition) is 0. The van der Waals surface area contributed by atoms with Gasteiger partial charge in [0.15, 0.2) is 0 Å². The summed E-state index contributed by atoms with van der Waals surface area (Å²) in [7, 11) is 0. The first-order valence-corrected chi connectivity index (χ1v) is 6.34. The quantitative estimate of drug-likeness (QED) is 0.660. The number of likely N-dealkylation sites (tertiary alicyclic amines) is 1. The summed E-state index contributed by atoms with van der Waals surface area (Å²) in [5.41, 5.74) is 0. The van der Waals surface area contributed by atoms with Gasteiger partial charge in [-0.25, -0.2) is 0 Å². The molecule has 0 aromatic carbocycles. The lowest BCUT2D eigenvalue weighted by atomic mass is 10.00. The molecule has 2 rings (SSSR count). The van der Waals surface area contributed by atoms with E-state index in [0.717, 1.165) is 24.3 Å². The molecule has 14 heavy (non-hydrogen) atoms. The summed E-state index contributed by atoms with van der Waals surface area (Å²) in [6.07, 6.45) is 1.96. The third-order valence-electron chi connectivity index (χ3n) is 2.98. The van der Waals surface area contributed by atoms with E-state index in [0.29, 0.717) is 6.54 Å². The normalized spacial score (nSPS) is 31.4. The molecule has 0 aliphatic carbocycles. The van der Waals surface area contributed by atoms with Crippen LogP contribution in [0.5, 0.6) is 0 Å². The molecule has 2 heterocycles. The third-order valence-corrected chi connectivity index (χ3v) is 4.17. The highest BCUT2D eigenvalue weighted by atomic mass is 32.2. The van der Waals surface area contributed by atoms with Crippen molar-refractivity contribution in [3.05, 3.63) is 0 Å². The van der Waals surface area contributed by atoms with E-state index in [2.05, 4.69) is 6.92 Å². The number of amides is 2. The zero-order valence-electron chi connectivity index (χ0n) is 8.36. The number of fused-ring (bicyclic) bond motifs is 1. The Hall–Kier alpha value is -0.510. The molecule has 2 amide bonds. The Kier molecular flexibility index (Phi) is 2.81. The molecule has 0 saturated carbocycles. The van der Waals surface area contributed by atoms with E-state index in [1.807, 2.05) is 0 Å². The number of unbranched alkanes of at least 4 members (excludes halogenated alkanes) is 1. The number of thioether (sulfide) groups is 1. The van der Waals surface area contributed by atoms with Crippen molar-refractivity contribution in [3.8, 4) is 0 Å². The molecule has 0 aromatic rings. The predicted molar refractivity (Wildman–Crippen MR) is 55.9 cm³/mol. The van der Waals surface area contributed by atoms with Crippen LogP contribution in [0.3, 0.4) is 0 Å². The molecule has 0 spiro atoms. The van der Waals surface area contributed by atoms with E-state index in [-0.39, 0.29) is 23.7 Å². The van der Waals surface area contributed by atoms with Gasteiger partial charge in [-0.2, -0.15) is 11.8 Å². The molecule has 0 N–H and O–H groups in total. The Bertz CT molecular complexity index is 245. The summed E-state index contributed by atoms with van der Waals surface area (Å²) in [6.45, 7) is 2.70. The van der Waals surface area contributed by atoms with Crippen LogP contribution in [0.2, 0.25) is 0 Å². The number of carbonyl (C=O) groups excluding carboxylic acids is 2. The fraction of sp³-hybridized carbons (Fsp3) is 0.800. The Labute approximate surface area is 88.2 Å². The zero-order valence-corrected chi connectivity index (χ0v) is 9.18. The standard InChI is InChI=1S/C10H15NO2S/c1-2-3-4-11-9(12)7-5-14-6-8(7)10(11)13/h7-8H,2-6H2,1H3/t7-,8+. The van der Waals surface area contributed by atoms with E-state index >= 15 is 0 Å². The van der Waals surface area contributed by atoms with Crippen LogP contribution >= 0.6 is 11.8 Å². The van der Waals surface area contributed by atoms with Gasteiger partial charge in [-0.05, 0) is 6.42 Å². The molecular weight excluding hydrogens is 198 g/mol. The maximum atomic E-state index is 11.8. The lowest BCUT2D eigenvalue weighted by Gasteiger charge is -2.14. The maximum Gasteiger partial charge on any atom is 0.233 e. The molecule has 2 aliphatic rings. The van der Waals surface area contributed by atoms with Gasteiger partial charge >= 0.3 is 0 Å². The average Bonchev–Trinajstić information content (AvgIpc) is 2.72. The first-order chi connectivity index (χ1) is 6.75. The number of rotatable bonds is 3. The molecule has 3 nitrogen and oxygen atoms in total. The van der Waals surface area contributed by atoms with Crippen LogP contribution in [0.4, 0.5) is 0 Å². The van der Waals surface area contributed by atoms with E-state index < -0.39 is 0 Å². The first-order valence-electron chi connectivity index (χ1n) is 5.18. The molecule has 0 aromatic heterocycles. The van der Waals surface area contributed by atoms with Crippen LogP contribution in [0, 0.1) is 11.8 Å². The molecular formula is C10H15NO2S. The second-order valence-corrected chi connectivity index (χ2v) is 5.01. The molecule has 78 valence electrons. The number of imide groups is 1. The minimum absolute atomic E-state index is 0.00403. The lowest BCUT2D eigenvalue weighted by Crippen LogP contribution is -2.33. The molecule has 2 saturated heterocycles. The summed E-state index contributed by atoms with van der Waals surface area (Å²) in [5, 5.41) is 0. The molecule has 2 atom stereocenters. The van der Waals surface area contributed by atoms with Gasteiger partial charge in [0.1, 0.15) is 0 Å². The van der Waals surface area contributed by atoms with Gasteiger partial charge < -0.3 is 0 Å². The second-order valence-electron chi connectivity index (χ2n) is 3.93. The maximum absolute atomic E-state index is 11.8. The highest BCUT2D eigenvalue weighted by Gasteiger charge is 2.49. The summed E-state index contributed by atoms with van der Waals surface area (Å²) >= 11 is 1.73. The highest BCUT2D eigenvalue weighted by Crippen LogP contribution is 2.37.